The molecule has 5 heteroatoms. The van der Waals surface area contributed by atoms with Crippen molar-refractivity contribution in [1.29, 1.82) is 0 Å². The molecule has 2 fully saturated rings. The number of aromatic nitrogens is 2. The molecule has 5 nitrogen and oxygen atoms in total. The van der Waals surface area contributed by atoms with Gasteiger partial charge in [0.25, 0.3) is 5.91 Å². The van der Waals surface area contributed by atoms with Gasteiger partial charge < -0.3 is 10.3 Å². The SMILES string of the molecule is Cc1ncc(C(=O)NCC2CCCN2C2CCCCC2)[nH]1. The minimum absolute atomic E-state index is 0.0360. The molecule has 21 heavy (non-hydrogen) atoms. The van der Waals surface area contributed by atoms with Gasteiger partial charge >= 0.3 is 0 Å². The third-order valence-electron chi connectivity index (χ3n) is 4.91. The minimum Gasteiger partial charge on any atom is -0.349 e. The van der Waals surface area contributed by atoms with Crippen LogP contribution in [0.25, 0.3) is 0 Å². The molecule has 1 saturated carbocycles. The lowest BCUT2D eigenvalue weighted by Crippen LogP contribution is -2.45. The van der Waals surface area contributed by atoms with Gasteiger partial charge in [-0.15, -0.1) is 0 Å². The summed E-state index contributed by atoms with van der Waals surface area (Å²) in [7, 11) is 0. The molecule has 1 atom stereocenters. The lowest BCUT2D eigenvalue weighted by molar-refractivity contribution is 0.0916. The van der Waals surface area contributed by atoms with Gasteiger partial charge in [-0.3, -0.25) is 9.69 Å². The molecule has 0 aromatic carbocycles. The quantitative estimate of drug-likeness (QED) is 0.894. The van der Waals surface area contributed by atoms with E-state index >= 15 is 0 Å². The fourth-order valence-electron chi connectivity index (χ4n) is 3.81. The number of hydrogen-bond donors (Lipinski definition) is 2. The van der Waals surface area contributed by atoms with Crippen molar-refractivity contribution >= 4 is 5.91 Å². The van der Waals surface area contributed by atoms with Crippen LogP contribution in [0.5, 0.6) is 0 Å². The van der Waals surface area contributed by atoms with E-state index in [0.717, 1.165) is 18.4 Å². The first-order chi connectivity index (χ1) is 10.2. The molecule has 1 aliphatic heterocycles. The molecule has 0 bridgehead atoms. The summed E-state index contributed by atoms with van der Waals surface area (Å²) in [6, 6.07) is 1.26. The van der Waals surface area contributed by atoms with Crippen LogP contribution in [0.3, 0.4) is 0 Å². The summed E-state index contributed by atoms with van der Waals surface area (Å²) < 4.78 is 0. The van der Waals surface area contributed by atoms with Crippen molar-refractivity contribution in [3.8, 4) is 0 Å². The zero-order chi connectivity index (χ0) is 14.7. The van der Waals surface area contributed by atoms with Crippen LogP contribution in [-0.4, -0.2) is 45.9 Å². The maximum Gasteiger partial charge on any atom is 0.269 e. The maximum absolute atomic E-state index is 12.1. The maximum atomic E-state index is 12.1. The normalized spacial score (nSPS) is 24.3. The molecule has 0 spiro atoms. The van der Waals surface area contributed by atoms with Crippen LogP contribution in [0.2, 0.25) is 0 Å². The van der Waals surface area contributed by atoms with Crippen LogP contribution in [0.1, 0.15) is 61.3 Å². The van der Waals surface area contributed by atoms with E-state index in [0.29, 0.717) is 11.7 Å². The fourth-order valence-corrected chi connectivity index (χ4v) is 3.81. The van der Waals surface area contributed by atoms with Crippen molar-refractivity contribution in [2.45, 2.75) is 64.0 Å². The largest absolute Gasteiger partial charge is 0.349 e. The number of aryl methyl sites for hydroxylation is 1. The van der Waals surface area contributed by atoms with Crippen LogP contribution in [-0.2, 0) is 0 Å². The number of hydrogen-bond acceptors (Lipinski definition) is 3. The molecular weight excluding hydrogens is 264 g/mol. The molecule has 1 aromatic heterocycles. The Hall–Kier alpha value is -1.36. The van der Waals surface area contributed by atoms with Crippen molar-refractivity contribution < 1.29 is 4.79 Å². The third kappa shape index (κ3) is 3.46. The van der Waals surface area contributed by atoms with Gasteiger partial charge in [0.15, 0.2) is 0 Å². The Labute approximate surface area is 126 Å². The minimum atomic E-state index is -0.0360. The molecule has 1 amide bonds. The van der Waals surface area contributed by atoms with Gasteiger partial charge in [0.05, 0.1) is 6.20 Å². The average Bonchev–Trinajstić information content (AvgIpc) is 3.14. The van der Waals surface area contributed by atoms with Crippen LogP contribution in [0.4, 0.5) is 0 Å². The fraction of sp³-hybridized carbons (Fsp3) is 0.750. The van der Waals surface area contributed by atoms with Crippen molar-refractivity contribution in [3.05, 3.63) is 17.7 Å². The summed E-state index contributed by atoms with van der Waals surface area (Å²) in [6.45, 7) is 3.82. The van der Waals surface area contributed by atoms with E-state index < -0.39 is 0 Å². The number of likely N-dealkylation sites (tertiary alicyclic amines) is 1. The van der Waals surface area contributed by atoms with E-state index in [4.69, 9.17) is 0 Å². The third-order valence-corrected chi connectivity index (χ3v) is 4.91. The van der Waals surface area contributed by atoms with Crippen molar-refractivity contribution in [2.75, 3.05) is 13.1 Å². The van der Waals surface area contributed by atoms with Gasteiger partial charge in [-0.2, -0.15) is 0 Å². The van der Waals surface area contributed by atoms with Crippen LogP contribution in [0.15, 0.2) is 6.20 Å². The smallest absolute Gasteiger partial charge is 0.269 e. The number of carbonyl (C=O) groups excluding carboxylic acids is 1. The standard InChI is InChI=1S/C16H26N4O/c1-12-17-11-15(19-12)16(21)18-10-14-8-5-9-20(14)13-6-3-2-4-7-13/h11,13-14H,2-10H2,1H3,(H,17,19)(H,18,21). The van der Waals surface area contributed by atoms with Gasteiger partial charge in [-0.05, 0) is 39.2 Å². The molecule has 116 valence electrons. The molecule has 1 unspecified atom stereocenters. The Kier molecular flexibility index (Phi) is 4.58. The van der Waals surface area contributed by atoms with Crippen LogP contribution >= 0.6 is 0 Å². The van der Waals surface area contributed by atoms with Gasteiger partial charge in [0.1, 0.15) is 11.5 Å². The zero-order valence-corrected chi connectivity index (χ0v) is 12.9. The highest BCUT2D eigenvalue weighted by molar-refractivity contribution is 5.92. The van der Waals surface area contributed by atoms with Crippen molar-refractivity contribution in [3.63, 3.8) is 0 Å². The molecule has 1 aromatic rings. The zero-order valence-electron chi connectivity index (χ0n) is 12.9. The van der Waals surface area contributed by atoms with Crippen LogP contribution < -0.4 is 5.32 Å². The molecule has 0 radical (unpaired) electrons. The summed E-state index contributed by atoms with van der Waals surface area (Å²) in [5.41, 5.74) is 0.565. The van der Waals surface area contributed by atoms with Crippen molar-refractivity contribution in [1.82, 2.24) is 20.2 Å². The summed E-state index contributed by atoms with van der Waals surface area (Å²) in [5, 5.41) is 3.07. The van der Waals surface area contributed by atoms with E-state index in [1.807, 2.05) is 6.92 Å². The second-order valence-corrected chi connectivity index (χ2v) is 6.42. The van der Waals surface area contributed by atoms with Gasteiger partial charge in [0, 0.05) is 18.6 Å². The number of carbonyl (C=O) groups is 1. The highest BCUT2D eigenvalue weighted by atomic mass is 16.1. The number of imidazole rings is 1. The number of nitrogens with one attached hydrogen (secondary N) is 2. The molecule has 1 aliphatic carbocycles. The highest BCUT2D eigenvalue weighted by Crippen LogP contribution is 2.28. The number of rotatable bonds is 4. The molecule has 2 heterocycles. The lowest BCUT2D eigenvalue weighted by Gasteiger charge is -2.35. The first kappa shape index (κ1) is 14.6. The Morgan fingerprint density at radius 3 is 2.86 bits per heavy atom. The van der Waals surface area contributed by atoms with E-state index in [9.17, 15) is 4.79 Å². The lowest BCUT2D eigenvalue weighted by atomic mass is 9.94. The molecule has 2 N–H and O–H groups in total. The summed E-state index contributed by atoms with van der Waals surface area (Å²) in [6.07, 6.45) is 10.9. The second-order valence-electron chi connectivity index (χ2n) is 6.42. The summed E-state index contributed by atoms with van der Waals surface area (Å²) in [5.74, 6) is 0.746. The molecule has 1 saturated heterocycles. The Bertz CT molecular complexity index is 478. The first-order valence-electron chi connectivity index (χ1n) is 8.29. The van der Waals surface area contributed by atoms with E-state index in [1.165, 1.54) is 51.5 Å². The van der Waals surface area contributed by atoms with E-state index in [-0.39, 0.29) is 5.91 Å². The average molecular weight is 290 g/mol. The van der Waals surface area contributed by atoms with E-state index in [1.54, 1.807) is 6.20 Å². The van der Waals surface area contributed by atoms with Gasteiger partial charge in [-0.25, -0.2) is 4.98 Å². The highest BCUT2D eigenvalue weighted by Gasteiger charge is 2.31. The first-order valence-corrected chi connectivity index (χ1v) is 8.29. The Morgan fingerprint density at radius 1 is 1.33 bits per heavy atom. The predicted molar refractivity (Wildman–Crippen MR) is 82.3 cm³/mol. The number of amides is 1. The van der Waals surface area contributed by atoms with Crippen molar-refractivity contribution in [2.24, 2.45) is 0 Å². The molecule has 3 rings (SSSR count). The number of nitrogens with zero attached hydrogens (tertiary/aromatic N) is 2. The Balaban J connectivity index is 1.52. The summed E-state index contributed by atoms with van der Waals surface area (Å²) >= 11 is 0. The van der Waals surface area contributed by atoms with Crippen LogP contribution in [0, 0.1) is 6.92 Å². The molecular formula is C16H26N4O. The second kappa shape index (κ2) is 6.60. The number of aromatic amines is 1. The van der Waals surface area contributed by atoms with E-state index in [2.05, 4.69) is 20.2 Å². The van der Waals surface area contributed by atoms with Gasteiger partial charge in [-0.1, -0.05) is 19.3 Å². The summed E-state index contributed by atoms with van der Waals surface area (Å²) in [4.78, 5) is 21.8. The predicted octanol–water partition coefficient (Wildman–Crippen LogP) is 2.25. The van der Waals surface area contributed by atoms with Gasteiger partial charge in [0.2, 0.25) is 0 Å². The monoisotopic (exact) mass is 290 g/mol. The topological polar surface area (TPSA) is 61.0 Å². The number of H-pyrrole nitrogens is 1. The Morgan fingerprint density at radius 2 is 2.14 bits per heavy atom. The molecule has 2 aliphatic rings.